The summed E-state index contributed by atoms with van der Waals surface area (Å²) in [5.74, 6) is 0. The number of benzene rings is 1. The van der Waals surface area contributed by atoms with Crippen LogP contribution >= 0.6 is 0 Å². The minimum atomic E-state index is -0.362. The lowest BCUT2D eigenvalue weighted by atomic mass is 10.0. The zero-order chi connectivity index (χ0) is 14.2. The van der Waals surface area contributed by atoms with Crippen molar-refractivity contribution in [3.8, 4) is 0 Å². The average Bonchev–Trinajstić information content (AvgIpc) is 2.57. The number of aryl methyl sites for hydroxylation is 1. The second-order valence-electron chi connectivity index (χ2n) is 6.19. The molecule has 2 amide bonds. The Bertz CT molecular complexity index is 461. The molecule has 4 nitrogen and oxygen atoms in total. The first-order valence-electron chi connectivity index (χ1n) is 6.65. The van der Waals surface area contributed by atoms with Crippen LogP contribution in [-0.4, -0.2) is 41.5 Å². The van der Waals surface area contributed by atoms with E-state index in [1.165, 1.54) is 11.1 Å². The van der Waals surface area contributed by atoms with Gasteiger partial charge in [0.2, 0.25) is 0 Å². The molecule has 2 N–H and O–H groups in total. The van der Waals surface area contributed by atoms with E-state index in [0.717, 1.165) is 0 Å². The summed E-state index contributed by atoms with van der Waals surface area (Å²) in [5.41, 5.74) is 8.06. The van der Waals surface area contributed by atoms with Gasteiger partial charge in [-0.15, -0.1) is 0 Å². The topological polar surface area (TPSA) is 49.6 Å². The van der Waals surface area contributed by atoms with E-state index >= 15 is 0 Å². The summed E-state index contributed by atoms with van der Waals surface area (Å²) in [4.78, 5) is 15.9. The smallest absolute Gasteiger partial charge is 0.320 e. The molecule has 2 rings (SSSR count). The van der Waals surface area contributed by atoms with E-state index in [1.54, 1.807) is 4.90 Å². The maximum Gasteiger partial charge on any atom is 0.320 e. The number of amides is 2. The summed E-state index contributed by atoms with van der Waals surface area (Å²) < 4.78 is 0. The minimum absolute atomic E-state index is 0.0594. The van der Waals surface area contributed by atoms with Crippen molar-refractivity contribution in [2.75, 3.05) is 20.1 Å². The van der Waals surface area contributed by atoms with Gasteiger partial charge in [-0.1, -0.05) is 29.8 Å². The zero-order valence-corrected chi connectivity index (χ0v) is 12.2. The molecule has 0 aliphatic carbocycles. The Morgan fingerprint density at radius 3 is 2.42 bits per heavy atom. The number of hydrogen-bond acceptors (Lipinski definition) is 2. The minimum Gasteiger partial charge on any atom is -0.324 e. The zero-order valence-electron chi connectivity index (χ0n) is 12.2. The highest BCUT2D eigenvalue weighted by molar-refractivity contribution is 5.77. The van der Waals surface area contributed by atoms with Crippen molar-refractivity contribution >= 4 is 6.03 Å². The van der Waals surface area contributed by atoms with Crippen LogP contribution in [0.1, 0.15) is 31.0 Å². The van der Waals surface area contributed by atoms with E-state index in [1.807, 2.05) is 25.8 Å². The first kappa shape index (κ1) is 13.9. The van der Waals surface area contributed by atoms with Crippen LogP contribution in [-0.2, 0) is 0 Å². The summed E-state index contributed by atoms with van der Waals surface area (Å²) in [6.07, 6.45) is 0. The maximum atomic E-state index is 12.2. The molecule has 1 aromatic rings. The predicted molar refractivity (Wildman–Crippen MR) is 76.9 cm³/mol. The summed E-state index contributed by atoms with van der Waals surface area (Å²) in [6, 6.07) is 8.55. The molecule has 1 aliphatic heterocycles. The predicted octanol–water partition coefficient (Wildman–Crippen LogP) is 2.14. The van der Waals surface area contributed by atoms with E-state index in [9.17, 15) is 4.79 Å². The van der Waals surface area contributed by atoms with Gasteiger partial charge >= 0.3 is 6.03 Å². The SMILES string of the molecule is Cc1ccc(C2CN(CC(C)(C)N)C(=O)N2C)cc1. The highest BCUT2D eigenvalue weighted by Gasteiger charge is 2.37. The molecule has 4 heteroatoms. The molecule has 0 aromatic heterocycles. The molecule has 0 bridgehead atoms. The fourth-order valence-electron chi connectivity index (χ4n) is 2.51. The van der Waals surface area contributed by atoms with Crippen LogP contribution < -0.4 is 5.73 Å². The fraction of sp³-hybridized carbons (Fsp3) is 0.533. The maximum absolute atomic E-state index is 12.2. The van der Waals surface area contributed by atoms with E-state index in [4.69, 9.17) is 5.73 Å². The molecule has 1 aliphatic rings. The lowest BCUT2D eigenvalue weighted by Gasteiger charge is -2.25. The quantitative estimate of drug-likeness (QED) is 0.906. The van der Waals surface area contributed by atoms with Crippen LogP contribution in [0.4, 0.5) is 4.79 Å². The van der Waals surface area contributed by atoms with Crippen LogP contribution in [0.15, 0.2) is 24.3 Å². The molecule has 1 saturated heterocycles. The van der Waals surface area contributed by atoms with E-state index in [-0.39, 0.29) is 17.6 Å². The van der Waals surface area contributed by atoms with Crippen LogP contribution in [0.3, 0.4) is 0 Å². The number of hydrogen-bond donors (Lipinski definition) is 1. The molecule has 19 heavy (non-hydrogen) atoms. The lowest BCUT2D eigenvalue weighted by Crippen LogP contribution is -2.46. The fourth-order valence-corrected chi connectivity index (χ4v) is 2.51. The van der Waals surface area contributed by atoms with Crippen molar-refractivity contribution in [2.45, 2.75) is 32.4 Å². The molecule has 0 radical (unpaired) electrons. The van der Waals surface area contributed by atoms with Gasteiger partial charge in [-0.3, -0.25) is 0 Å². The van der Waals surface area contributed by atoms with Gasteiger partial charge in [-0.2, -0.15) is 0 Å². The Morgan fingerprint density at radius 2 is 1.89 bits per heavy atom. The first-order valence-corrected chi connectivity index (χ1v) is 6.65. The Balaban J connectivity index is 2.16. The third-order valence-electron chi connectivity index (χ3n) is 3.49. The standard InChI is InChI=1S/C15H23N3O/c1-11-5-7-12(8-6-11)13-9-18(10-15(2,3)16)14(19)17(13)4/h5-8,13H,9-10,16H2,1-4H3. The van der Waals surface area contributed by atoms with Crippen molar-refractivity contribution in [3.63, 3.8) is 0 Å². The van der Waals surface area contributed by atoms with Crippen molar-refractivity contribution in [2.24, 2.45) is 5.73 Å². The first-order chi connectivity index (χ1) is 8.78. The van der Waals surface area contributed by atoms with Crippen molar-refractivity contribution in [1.29, 1.82) is 0 Å². The number of urea groups is 1. The van der Waals surface area contributed by atoms with Gasteiger partial charge in [0.1, 0.15) is 0 Å². The molecular formula is C15H23N3O. The average molecular weight is 261 g/mol. The summed E-state index contributed by atoms with van der Waals surface area (Å²) >= 11 is 0. The lowest BCUT2D eigenvalue weighted by molar-refractivity contribution is 0.188. The number of carbonyl (C=O) groups excluding carboxylic acids is 1. The molecule has 104 valence electrons. The third kappa shape index (κ3) is 3.07. The van der Waals surface area contributed by atoms with Gasteiger partial charge in [0.25, 0.3) is 0 Å². The van der Waals surface area contributed by atoms with E-state index in [2.05, 4.69) is 31.2 Å². The normalized spacial score (nSPS) is 20.3. The van der Waals surface area contributed by atoms with Crippen molar-refractivity contribution < 1.29 is 4.79 Å². The Hall–Kier alpha value is -1.55. The van der Waals surface area contributed by atoms with Gasteiger partial charge < -0.3 is 15.5 Å². The van der Waals surface area contributed by atoms with Gasteiger partial charge in [-0.05, 0) is 26.3 Å². The number of rotatable bonds is 3. The van der Waals surface area contributed by atoms with Crippen molar-refractivity contribution in [3.05, 3.63) is 35.4 Å². The van der Waals surface area contributed by atoms with Gasteiger partial charge in [0.05, 0.1) is 6.04 Å². The molecule has 1 heterocycles. The summed E-state index contributed by atoms with van der Waals surface area (Å²) in [6.45, 7) is 7.24. The third-order valence-corrected chi connectivity index (χ3v) is 3.49. The molecular weight excluding hydrogens is 238 g/mol. The Labute approximate surface area is 115 Å². The van der Waals surface area contributed by atoms with Gasteiger partial charge in [0.15, 0.2) is 0 Å². The Morgan fingerprint density at radius 1 is 1.32 bits per heavy atom. The molecule has 1 fully saturated rings. The van der Waals surface area contributed by atoms with Crippen LogP contribution in [0.25, 0.3) is 0 Å². The van der Waals surface area contributed by atoms with Crippen molar-refractivity contribution in [1.82, 2.24) is 9.80 Å². The van der Waals surface area contributed by atoms with Crippen LogP contribution in [0.5, 0.6) is 0 Å². The van der Waals surface area contributed by atoms with Crippen LogP contribution in [0, 0.1) is 6.92 Å². The van der Waals surface area contributed by atoms with Crippen LogP contribution in [0.2, 0.25) is 0 Å². The molecule has 1 atom stereocenters. The van der Waals surface area contributed by atoms with E-state index in [0.29, 0.717) is 13.1 Å². The van der Waals surface area contributed by atoms with E-state index < -0.39 is 0 Å². The Kier molecular flexibility index (Phi) is 3.54. The molecule has 1 unspecified atom stereocenters. The summed E-state index contributed by atoms with van der Waals surface area (Å²) in [7, 11) is 1.86. The molecule has 0 spiro atoms. The number of likely N-dealkylation sites (N-methyl/N-ethyl adjacent to an activating group) is 1. The second-order valence-corrected chi connectivity index (χ2v) is 6.19. The second kappa shape index (κ2) is 4.85. The highest BCUT2D eigenvalue weighted by Crippen LogP contribution is 2.28. The number of carbonyl (C=O) groups is 1. The van der Waals surface area contributed by atoms with Gasteiger partial charge in [0, 0.05) is 25.7 Å². The van der Waals surface area contributed by atoms with Gasteiger partial charge in [-0.25, -0.2) is 4.79 Å². The highest BCUT2D eigenvalue weighted by atomic mass is 16.2. The molecule has 1 aromatic carbocycles. The summed E-state index contributed by atoms with van der Waals surface area (Å²) in [5, 5.41) is 0. The monoisotopic (exact) mass is 261 g/mol. The largest absolute Gasteiger partial charge is 0.324 e. The number of nitrogens with zero attached hydrogens (tertiary/aromatic N) is 2. The number of nitrogens with two attached hydrogens (primary N) is 1. The molecule has 0 saturated carbocycles.